The quantitative estimate of drug-likeness (QED) is 0.426. The molecule has 3 aromatic heterocycles. The Balaban J connectivity index is 1.27. The molecule has 172 valence electrons. The molecule has 4 heterocycles. The lowest BCUT2D eigenvalue weighted by atomic mass is 10.2. The first-order valence-corrected chi connectivity index (χ1v) is 12.0. The molecule has 1 aliphatic heterocycles. The molecule has 0 saturated carbocycles. The lowest BCUT2D eigenvalue weighted by Crippen LogP contribution is -2.25. The third kappa shape index (κ3) is 3.95. The predicted octanol–water partition coefficient (Wildman–Crippen LogP) is 3.44. The van der Waals surface area contributed by atoms with Gasteiger partial charge in [0.25, 0.3) is 5.56 Å². The summed E-state index contributed by atoms with van der Waals surface area (Å²) in [4.78, 5) is 25.4. The molecule has 0 aliphatic carbocycles. The van der Waals surface area contributed by atoms with E-state index in [1.807, 2.05) is 47.9 Å². The highest BCUT2D eigenvalue weighted by atomic mass is 32.1. The summed E-state index contributed by atoms with van der Waals surface area (Å²) in [5.41, 5.74) is 1.76. The van der Waals surface area contributed by atoms with Crippen LogP contribution in [0.5, 0.6) is 11.5 Å². The third-order valence-electron chi connectivity index (χ3n) is 5.99. The molecule has 1 aliphatic rings. The largest absolute Gasteiger partial charge is 0.454 e. The van der Waals surface area contributed by atoms with Crippen molar-refractivity contribution in [3.63, 3.8) is 0 Å². The summed E-state index contributed by atoms with van der Waals surface area (Å²) >= 11 is 1.43. The van der Waals surface area contributed by atoms with E-state index in [9.17, 15) is 9.59 Å². The van der Waals surface area contributed by atoms with Gasteiger partial charge in [-0.1, -0.05) is 13.0 Å². The molecule has 1 amide bonds. The van der Waals surface area contributed by atoms with Crippen LogP contribution in [0.25, 0.3) is 16.0 Å². The van der Waals surface area contributed by atoms with E-state index in [0.29, 0.717) is 42.0 Å². The van der Waals surface area contributed by atoms with E-state index in [1.54, 1.807) is 4.57 Å². The highest BCUT2D eigenvalue weighted by Crippen LogP contribution is 2.32. The van der Waals surface area contributed by atoms with Gasteiger partial charge in [0, 0.05) is 25.4 Å². The van der Waals surface area contributed by atoms with Gasteiger partial charge < -0.3 is 14.8 Å². The number of nitrogens with zero attached hydrogens (tertiary/aromatic N) is 4. The highest BCUT2D eigenvalue weighted by molar-refractivity contribution is 7.17. The fraction of sp³-hybridized carbons (Fsp3) is 0.391. The minimum Gasteiger partial charge on any atom is -0.454 e. The van der Waals surface area contributed by atoms with Crippen molar-refractivity contribution in [3.05, 3.63) is 51.4 Å². The Morgan fingerprint density at radius 1 is 1.24 bits per heavy atom. The molecular weight excluding hydrogens is 442 g/mol. The Morgan fingerprint density at radius 2 is 2.09 bits per heavy atom. The second kappa shape index (κ2) is 8.86. The zero-order chi connectivity index (χ0) is 22.9. The van der Waals surface area contributed by atoms with Gasteiger partial charge in [-0.15, -0.1) is 21.5 Å². The number of fused-ring (bicyclic) bond motifs is 4. The van der Waals surface area contributed by atoms with Crippen molar-refractivity contribution in [1.82, 2.24) is 24.5 Å². The minimum atomic E-state index is -0.0290. The first-order valence-electron chi connectivity index (χ1n) is 11.1. The van der Waals surface area contributed by atoms with Crippen LogP contribution in [0.4, 0.5) is 0 Å². The van der Waals surface area contributed by atoms with Crippen LogP contribution >= 0.6 is 11.3 Å². The number of carbonyl (C=O) groups is 1. The molecule has 0 saturated heterocycles. The van der Waals surface area contributed by atoms with Crippen molar-refractivity contribution in [3.8, 4) is 11.5 Å². The summed E-state index contributed by atoms with van der Waals surface area (Å²) < 4.78 is 15.1. The molecule has 0 spiro atoms. The molecule has 33 heavy (non-hydrogen) atoms. The second-order valence-electron chi connectivity index (χ2n) is 8.14. The summed E-state index contributed by atoms with van der Waals surface area (Å²) in [5, 5.41) is 13.6. The van der Waals surface area contributed by atoms with Gasteiger partial charge in [-0.05, 0) is 48.9 Å². The van der Waals surface area contributed by atoms with Crippen molar-refractivity contribution in [1.29, 1.82) is 0 Å². The summed E-state index contributed by atoms with van der Waals surface area (Å²) in [6.45, 7) is 4.72. The SMILES string of the molecule is CC[C@H](C)n1c(=O)c2sccc2n2c(CCCC(=O)NCc3ccc4c(c3)OCO4)nnc12. The van der Waals surface area contributed by atoms with Gasteiger partial charge in [0.1, 0.15) is 10.5 Å². The second-order valence-corrected chi connectivity index (χ2v) is 9.05. The average Bonchev–Trinajstić information content (AvgIpc) is 3.56. The van der Waals surface area contributed by atoms with Crippen LogP contribution < -0.4 is 20.3 Å². The Morgan fingerprint density at radius 3 is 2.94 bits per heavy atom. The number of thiophene rings is 1. The highest BCUT2D eigenvalue weighted by Gasteiger charge is 2.20. The van der Waals surface area contributed by atoms with Gasteiger partial charge in [-0.25, -0.2) is 0 Å². The molecule has 0 radical (unpaired) electrons. The zero-order valence-corrected chi connectivity index (χ0v) is 19.4. The molecule has 10 heteroatoms. The van der Waals surface area contributed by atoms with E-state index in [-0.39, 0.29) is 24.3 Å². The Labute approximate surface area is 194 Å². The van der Waals surface area contributed by atoms with Crippen LogP contribution in [-0.2, 0) is 17.8 Å². The molecular formula is C23H25N5O4S. The number of benzene rings is 1. The standard InChI is InChI=1S/C23H25N5O4S/c1-3-14(2)27-22(30)21-16(9-10-33-21)28-19(25-26-23(27)28)5-4-6-20(29)24-12-15-7-8-17-18(11-15)32-13-31-17/h7-11,14H,3-6,12-13H2,1-2H3,(H,24,29)/t14-/m0/s1. The van der Waals surface area contributed by atoms with Crippen molar-refractivity contribution < 1.29 is 14.3 Å². The maximum atomic E-state index is 13.0. The maximum Gasteiger partial charge on any atom is 0.273 e. The molecule has 1 atom stereocenters. The van der Waals surface area contributed by atoms with E-state index in [0.717, 1.165) is 29.1 Å². The summed E-state index contributed by atoms with van der Waals surface area (Å²) in [6, 6.07) is 7.60. The maximum absolute atomic E-state index is 13.0. The normalized spacial score (nSPS) is 13.6. The van der Waals surface area contributed by atoms with E-state index in [4.69, 9.17) is 9.47 Å². The molecule has 0 fully saturated rings. The lowest BCUT2D eigenvalue weighted by molar-refractivity contribution is -0.121. The van der Waals surface area contributed by atoms with Gasteiger partial charge in [0.15, 0.2) is 11.5 Å². The molecule has 4 aromatic rings. The molecule has 9 nitrogen and oxygen atoms in total. The van der Waals surface area contributed by atoms with Crippen molar-refractivity contribution in [2.24, 2.45) is 0 Å². The fourth-order valence-corrected chi connectivity index (χ4v) is 4.85. The number of ether oxygens (including phenoxy) is 2. The lowest BCUT2D eigenvalue weighted by Gasteiger charge is -2.14. The number of hydrogen-bond donors (Lipinski definition) is 1. The number of nitrogens with one attached hydrogen (secondary N) is 1. The van der Waals surface area contributed by atoms with E-state index < -0.39 is 0 Å². The number of aryl methyl sites for hydroxylation is 1. The smallest absolute Gasteiger partial charge is 0.273 e. The van der Waals surface area contributed by atoms with Gasteiger partial charge in [0.2, 0.25) is 18.5 Å². The van der Waals surface area contributed by atoms with E-state index >= 15 is 0 Å². The van der Waals surface area contributed by atoms with Crippen molar-refractivity contribution in [2.45, 2.75) is 52.1 Å². The van der Waals surface area contributed by atoms with Crippen LogP contribution in [0.15, 0.2) is 34.4 Å². The summed E-state index contributed by atoms with van der Waals surface area (Å²) in [6.07, 6.45) is 2.40. The van der Waals surface area contributed by atoms with E-state index in [1.165, 1.54) is 11.3 Å². The van der Waals surface area contributed by atoms with Crippen molar-refractivity contribution in [2.75, 3.05) is 6.79 Å². The summed E-state index contributed by atoms with van der Waals surface area (Å²) in [5.74, 6) is 2.72. The minimum absolute atomic E-state index is 0.0190. The third-order valence-corrected chi connectivity index (χ3v) is 6.88. The number of aromatic nitrogens is 4. The van der Waals surface area contributed by atoms with Crippen molar-refractivity contribution >= 4 is 33.2 Å². The Kier molecular flexibility index (Phi) is 5.76. The fourth-order valence-electron chi connectivity index (χ4n) is 4.04. The number of hydrogen-bond acceptors (Lipinski definition) is 7. The van der Waals surface area contributed by atoms with Crippen LogP contribution in [0.3, 0.4) is 0 Å². The van der Waals surface area contributed by atoms with Crippen LogP contribution in [0.2, 0.25) is 0 Å². The zero-order valence-electron chi connectivity index (χ0n) is 18.5. The molecule has 0 unspecified atom stereocenters. The topological polar surface area (TPSA) is 99.8 Å². The Bertz CT molecular complexity index is 1390. The van der Waals surface area contributed by atoms with Gasteiger partial charge in [0.05, 0.1) is 5.52 Å². The molecule has 5 rings (SSSR count). The van der Waals surface area contributed by atoms with Gasteiger partial charge in [-0.2, -0.15) is 0 Å². The first kappa shape index (κ1) is 21.4. The van der Waals surface area contributed by atoms with E-state index in [2.05, 4.69) is 15.5 Å². The first-order chi connectivity index (χ1) is 16.1. The summed E-state index contributed by atoms with van der Waals surface area (Å²) in [7, 11) is 0. The number of carbonyl (C=O) groups excluding carboxylic acids is 1. The monoisotopic (exact) mass is 467 g/mol. The molecule has 1 aromatic carbocycles. The Hall–Kier alpha value is -3.40. The molecule has 0 bridgehead atoms. The number of rotatable bonds is 8. The van der Waals surface area contributed by atoms with Crippen LogP contribution in [0, 0.1) is 0 Å². The van der Waals surface area contributed by atoms with Gasteiger partial charge >= 0.3 is 0 Å². The molecule has 1 N–H and O–H groups in total. The average molecular weight is 468 g/mol. The van der Waals surface area contributed by atoms with Gasteiger partial charge in [-0.3, -0.25) is 18.6 Å². The number of amides is 1. The van der Waals surface area contributed by atoms with Crippen LogP contribution in [0.1, 0.15) is 50.5 Å². The predicted molar refractivity (Wildman–Crippen MR) is 125 cm³/mol. The van der Waals surface area contributed by atoms with Crippen LogP contribution in [-0.4, -0.2) is 31.9 Å².